The number of hydrogen-bond acceptors (Lipinski definition) is 4. The highest BCUT2D eigenvalue weighted by molar-refractivity contribution is 6.31. The molecular weight excluding hydrogens is 487 g/mol. The van der Waals surface area contributed by atoms with Crippen molar-refractivity contribution in [2.75, 3.05) is 5.01 Å². The monoisotopic (exact) mass is 508 g/mol. The first-order valence-electron chi connectivity index (χ1n) is 11.8. The highest BCUT2D eigenvalue weighted by Crippen LogP contribution is 2.38. The van der Waals surface area contributed by atoms with Gasteiger partial charge in [-0.2, -0.15) is 5.10 Å². The van der Waals surface area contributed by atoms with E-state index in [0.29, 0.717) is 16.0 Å². The van der Waals surface area contributed by atoms with Gasteiger partial charge in [-0.05, 0) is 48.4 Å². The Hall–Kier alpha value is -3.73. The van der Waals surface area contributed by atoms with Gasteiger partial charge in [-0.25, -0.2) is 15.0 Å². The van der Waals surface area contributed by atoms with E-state index in [2.05, 4.69) is 37.3 Å². The molecule has 6 rings (SSSR count). The van der Waals surface area contributed by atoms with Gasteiger partial charge in [0.25, 0.3) is 0 Å². The lowest BCUT2D eigenvalue weighted by Gasteiger charge is -2.23. The average molecular weight is 509 g/mol. The summed E-state index contributed by atoms with van der Waals surface area (Å²) in [5.41, 5.74) is 7.03. The molecule has 0 fully saturated rings. The normalized spacial score (nSPS) is 15.4. The molecule has 1 atom stereocenters. The SMILES string of the molecule is Cc1cccc(C2=NN(c3nc(-c4ccc(Cl)cc4)c4ccccc4n3)C(c3cccc(Cl)c3)C2)c1. The van der Waals surface area contributed by atoms with E-state index < -0.39 is 0 Å². The van der Waals surface area contributed by atoms with Gasteiger partial charge < -0.3 is 0 Å². The van der Waals surface area contributed by atoms with Crippen LogP contribution in [0.25, 0.3) is 22.2 Å². The third-order valence-electron chi connectivity index (χ3n) is 6.41. The van der Waals surface area contributed by atoms with Gasteiger partial charge in [0.05, 0.1) is 23.0 Å². The number of hydrogen-bond donors (Lipinski definition) is 0. The number of para-hydroxylation sites is 1. The first-order valence-corrected chi connectivity index (χ1v) is 12.5. The number of nitrogens with zero attached hydrogens (tertiary/aromatic N) is 4. The second kappa shape index (κ2) is 9.38. The summed E-state index contributed by atoms with van der Waals surface area (Å²) in [4.78, 5) is 10.0. The molecule has 1 aliphatic rings. The van der Waals surface area contributed by atoms with Gasteiger partial charge in [0.1, 0.15) is 0 Å². The van der Waals surface area contributed by atoms with Crippen molar-refractivity contribution in [3.63, 3.8) is 0 Å². The van der Waals surface area contributed by atoms with E-state index in [0.717, 1.165) is 45.4 Å². The Balaban J connectivity index is 1.53. The van der Waals surface area contributed by atoms with E-state index in [4.69, 9.17) is 38.3 Å². The van der Waals surface area contributed by atoms with Crippen molar-refractivity contribution < 1.29 is 0 Å². The summed E-state index contributed by atoms with van der Waals surface area (Å²) in [6.07, 6.45) is 0.719. The van der Waals surface area contributed by atoms with E-state index in [1.807, 2.05) is 71.7 Å². The van der Waals surface area contributed by atoms with Crippen LogP contribution < -0.4 is 5.01 Å². The Morgan fingerprint density at radius 3 is 2.36 bits per heavy atom. The fourth-order valence-electron chi connectivity index (χ4n) is 4.66. The quantitative estimate of drug-likeness (QED) is 0.245. The molecule has 6 heteroatoms. The van der Waals surface area contributed by atoms with Gasteiger partial charge in [0, 0.05) is 27.4 Å². The predicted molar refractivity (Wildman–Crippen MR) is 149 cm³/mol. The maximum Gasteiger partial charge on any atom is 0.247 e. The minimum atomic E-state index is -0.0848. The number of fused-ring (bicyclic) bond motifs is 1. The van der Waals surface area contributed by atoms with Crippen LogP contribution in [0.4, 0.5) is 5.95 Å². The molecule has 1 aliphatic heterocycles. The van der Waals surface area contributed by atoms with Crippen LogP contribution in [0.3, 0.4) is 0 Å². The Labute approximate surface area is 219 Å². The molecule has 0 spiro atoms. The molecule has 0 amide bonds. The maximum absolute atomic E-state index is 6.39. The van der Waals surface area contributed by atoms with Crippen molar-refractivity contribution in [2.24, 2.45) is 5.10 Å². The van der Waals surface area contributed by atoms with Crippen molar-refractivity contribution in [2.45, 2.75) is 19.4 Å². The highest BCUT2D eigenvalue weighted by Gasteiger charge is 2.32. The van der Waals surface area contributed by atoms with Crippen LogP contribution in [0.15, 0.2) is 102 Å². The van der Waals surface area contributed by atoms with Crippen LogP contribution >= 0.6 is 23.2 Å². The van der Waals surface area contributed by atoms with Crippen LogP contribution in [0.1, 0.15) is 29.2 Å². The van der Waals surface area contributed by atoms with Crippen molar-refractivity contribution in [1.29, 1.82) is 0 Å². The molecule has 0 aliphatic carbocycles. The fraction of sp³-hybridized carbons (Fsp3) is 0.100. The molecule has 0 saturated heterocycles. The van der Waals surface area contributed by atoms with Crippen LogP contribution in [0.2, 0.25) is 10.0 Å². The number of aryl methyl sites for hydroxylation is 1. The van der Waals surface area contributed by atoms with Gasteiger partial charge in [-0.3, -0.25) is 0 Å². The van der Waals surface area contributed by atoms with Crippen molar-refractivity contribution >= 4 is 45.8 Å². The second-order valence-corrected chi connectivity index (χ2v) is 9.80. The van der Waals surface area contributed by atoms with E-state index >= 15 is 0 Å². The molecule has 0 radical (unpaired) electrons. The first kappa shape index (κ1) is 22.7. The summed E-state index contributed by atoms with van der Waals surface area (Å²) in [6.45, 7) is 2.09. The third kappa shape index (κ3) is 4.34. The molecule has 5 aromatic rings. The largest absolute Gasteiger partial charge is 0.247 e. The zero-order chi connectivity index (χ0) is 24.6. The molecule has 4 nitrogen and oxygen atoms in total. The first-order chi connectivity index (χ1) is 17.5. The number of rotatable bonds is 4. The van der Waals surface area contributed by atoms with Gasteiger partial charge >= 0.3 is 0 Å². The molecule has 1 aromatic heterocycles. The van der Waals surface area contributed by atoms with E-state index in [1.54, 1.807) is 0 Å². The third-order valence-corrected chi connectivity index (χ3v) is 6.90. The lowest BCUT2D eigenvalue weighted by Crippen LogP contribution is -2.21. The molecule has 0 bridgehead atoms. The summed E-state index contributed by atoms with van der Waals surface area (Å²) < 4.78 is 0. The highest BCUT2D eigenvalue weighted by atomic mass is 35.5. The summed E-state index contributed by atoms with van der Waals surface area (Å²) >= 11 is 12.6. The zero-order valence-electron chi connectivity index (χ0n) is 19.6. The van der Waals surface area contributed by atoms with Gasteiger partial charge in [0.15, 0.2) is 0 Å². The van der Waals surface area contributed by atoms with Crippen LogP contribution in [0.5, 0.6) is 0 Å². The van der Waals surface area contributed by atoms with Crippen molar-refractivity contribution in [1.82, 2.24) is 9.97 Å². The van der Waals surface area contributed by atoms with Crippen LogP contribution in [0, 0.1) is 6.92 Å². The zero-order valence-corrected chi connectivity index (χ0v) is 21.1. The molecule has 0 N–H and O–H groups in total. The summed E-state index contributed by atoms with van der Waals surface area (Å²) in [5, 5.41) is 9.37. The predicted octanol–water partition coefficient (Wildman–Crippen LogP) is 8.27. The number of anilines is 1. The van der Waals surface area contributed by atoms with Crippen molar-refractivity contribution in [3.05, 3.63) is 124 Å². The second-order valence-electron chi connectivity index (χ2n) is 8.93. The van der Waals surface area contributed by atoms with E-state index in [9.17, 15) is 0 Å². The van der Waals surface area contributed by atoms with E-state index in [-0.39, 0.29) is 6.04 Å². The number of hydrazone groups is 1. The smallest absolute Gasteiger partial charge is 0.223 e. The Bertz CT molecular complexity index is 1610. The fourth-order valence-corrected chi connectivity index (χ4v) is 4.99. The topological polar surface area (TPSA) is 41.4 Å². The van der Waals surface area contributed by atoms with Crippen LogP contribution in [-0.2, 0) is 0 Å². The van der Waals surface area contributed by atoms with Crippen molar-refractivity contribution in [3.8, 4) is 11.3 Å². The lowest BCUT2D eigenvalue weighted by atomic mass is 9.98. The minimum Gasteiger partial charge on any atom is -0.223 e. The molecule has 1 unspecified atom stereocenters. The number of halogens is 2. The maximum atomic E-state index is 6.39. The number of benzene rings is 4. The molecule has 4 aromatic carbocycles. The minimum absolute atomic E-state index is 0.0848. The summed E-state index contributed by atoms with van der Waals surface area (Å²) in [7, 11) is 0. The standard InChI is InChI=1S/C30H22Cl2N4/c1-19-6-4-7-21(16-19)27-18-28(22-8-5-9-24(32)17-22)36(35-27)30-33-26-11-3-2-10-25(26)29(34-30)20-12-14-23(31)15-13-20/h2-17,28H,18H2,1H3. The van der Waals surface area contributed by atoms with Gasteiger partial charge in [-0.1, -0.05) is 95.5 Å². The van der Waals surface area contributed by atoms with Crippen LogP contribution in [-0.4, -0.2) is 15.7 Å². The van der Waals surface area contributed by atoms with E-state index in [1.165, 1.54) is 5.56 Å². The summed E-state index contributed by atoms with van der Waals surface area (Å²) in [5.74, 6) is 0.547. The molecule has 0 saturated carbocycles. The van der Waals surface area contributed by atoms with Gasteiger partial charge in [-0.15, -0.1) is 0 Å². The molecule has 36 heavy (non-hydrogen) atoms. The molecule has 176 valence electrons. The lowest BCUT2D eigenvalue weighted by molar-refractivity contribution is 0.689. The molecule has 2 heterocycles. The van der Waals surface area contributed by atoms with Gasteiger partial charge in [0.2, 0.25) is 5.95 Å². The Kier molecular flexibility index (Phi) is 5.92. The average Bonchev–Trinajstić information content (AvgIpc) is 3.34. The Morgan fingerprint density at radius 2 is 1.56 bits per heavy atom. The number of aromatic nitrogens is 2. The Morgan fingerprint density at radius 1 is 0.750 bits per heavy atom. The molecular formula is C30H22Cl2N4. The summed E-state index contributed by atoms with van der Waals surface area (Å²) in [6, 6.07) is 32.1.